The van der Waals surface area contributed by atoms with E-state index in [2.05, 4.69) is 10.3 Å². The van der Waals surface area contributed by atoms with Crippen LogP contribution in [0, 0.1) is 6.92 Å². The summed E-state index contributed by atoms with van der Waals surface area (Å²) < 4.78 is 5.13. The molecule has 0 aliphatic rings. The molecule has 3 aromatic rings. The zero-order valence-electron chi connectivity index (χ0n) is 14.3. The number of carbonyl (C=O) groups is 2. The number of aryl methyl sites for hydroxylation is 1. The zero-order valence-corrected chi connectivity index (χ0v) is 15.1. The lowest BCUT2D eigenvalue weighted by Crippen LogP contribution is -2.28. The summed E-state index contributed by atoms with van der Waals surface area (Å²) >= 11 is 1.27. The number of carbonyl (C=O) groups excluding carboxylic acids is 2. The van der Waals surface area contributed by atoms with E-state index in [0.717, 1.165) is 16.1 Å². The molecule has 0 radical (unpaired) electrons. The minimum Gasteiger partial charge on any atom is -0.451 e. The van der Waals surface area contributed by atoms with E-state index < -0.39 is 5.97 Å². The van der Waals surface area contributed by atoms with E-state index in [1.54, 1.807) is 6.92 Å². The van der Waals surface area contributed by atoms with Gasteiger partial charge in [-0.25, -0.2) is 9.78 Å². The molecule has 1 amide bonds. The van der Waals surface area contributed by atoms with Gasteiger partial charge in [-0.3, -0.25) is 4.79 Å². The predicted molar refractivity (Wildman–Crippen MR) is 101 cm³/mol. The van der Waals surface area contributed by atoms with Crippen molar-refractivity contribution >= 4 is 23.2 Å². The minimum atomic E-state index is -0.531. The third kappa shape index (κ3) is 4.55. The highest BCUT2D eigenvalue weighted by atomic mass is 32.1. The first kappa shape index (κ1) is 17.8. The average molecular weight is 366 g/mol. The molecule has 1 N–H and O–H groups in total. The molecule has 1 heterocycles. The van der Waals surface area contributed by atoms with Crippen molar-refractivity contribution in [2.24, 2.45) is 0 Å². The van der Waals surface area contributed by atoms with Crippen molar-refractivity contribution in [3.63, 3.8) is 0 Å². The maximum Gasteiger partial charge on any atom is 0.350 e. The van der Waals surface area contributed by atoms with Crippen LogP contribution in [0.4, 0.5) is 0 Å². The molecule has 6 heteroatoms. The predicted octanol–water partition coefficient (Wildman–Crippen LogP) is 3.59. The summed E-state index contributed by atoms with van der Waals surface area (Å²) in [6, 6.07) is 19.2. The molecule has 2 aromatic carbocycles. The molecule has 3 rings (SSSR count). The van der Waals surface area contributed by atoms with Crippen molar-refractivity contribution in [3.8, 4) is 10.6 Å². The SMILES string of the molecule is Cc1nc(-c2ccccc2)sc1C(=O)OCC(=O)NCc1ccccc1. The van der Waals surface area contributed by atoms with Gasteiger partial charge in [0.1, 0.15) is 9.88 Å². The van der Waals surface area contributed by atoms with Gasteiger partial charge < -0.3 is 10.1 Å². The van der Waals surface area contributed by atoms with Gasteiger partial charge in [-0.2, -0.15) is 0 Å². The van der Waals surface area contributed by atoms with Crippen LogP contribution in [-0.4, -0.2) is 23.5 Å². The van der Waals surface area contributed by atoms with E-state index in [0.29, 0.717) is 17.1 Å². The van der Waals surface area contributed by atoms with Gasteiger partial charge >= 0.3 is 5.97 Å². The Morgan fingerprint density at radius 2 is 1.69 bits per heavy atom. The van der Waals surface area contributed by atoms with Crippen molar-refractivity contribution < 1.29 is 14.3 Å². The monoisotopic (exact) mass is 366 g/mol. The Labute approximate surface area is 155 Å². The van der Waals surface area contributed by atoms with E-state index in [4.69, 9.17) is 4.74 Å². The van der Waals surface area contributed by atoms with E-state index in [9.17, 15) is 9.59 Å². The van der Waals surface area contributed by atoms with Crippen molar-refractivity contribution in [3.05, 3.63) is 76.8 Å². The molecule has 5 nitrogen and oxygen atoms in total. The number of rotatable bonds is 6. The van der Waals surface area contributed by atoms with Crippen LogP contribution >= 0.6 is 11.3 Å². The van der Waals surface area contributed by atoms with Gasteiger partial charge in [-0.05, 0) is 12.5 Å². The highest BCUT2D eigenvalue weighted by Gasteiger charge is 2.18. The van der Waals surface area contributed by atoms with Gasteiger partial charge in [-0.1, -0.05) is 60.7 Å². The van der Waals surface area contributed by atoms with Gasteiger partial charge in [0, 0.05) is 12.1 Å². The van der Waals surface area contributed by atoms with Crippen LogP contribution in [0.25, 0.3) is 10.6 Å². The summed E-state index contributed by atoms with van der Waals surface area (Å²) in [5.74, 6) is -0.871. The molecule has 0 unspecified atom stereocenters. The molecule has 132 valence electrons. The molecule has 0 saturated heterocycles. The third-order valence-electron chi connectivity index (χ3n) is 3.67. The highest BCUT2D eigenvalue weighted by molar-refractivity contribution is 7.17. The molecule has 0 bridgehead atoms. The number of nitrogens with zero attached hydrogens (tertiary/aromatic N) is 1. The van der Waals surface area contributed by atoms with Crippen molar-refractivity contribution in [1.82, 2.24) is 10.3 Å². The Morgan fingerprint density at radius 1 is 1.04 bits per heavy atom. The smallest absolute Gasteiger partial charge is 0.350 e. The summed E-state index contributed by atoms with van der Waals surface area (Å²) in [5, 5.41) is 3.48. The summed E-state index contributed by atoms with van der Waals surface area (Å²) in [6.07, 6.45) is 0. The Kier molecular flexibility index (Phi) is 5.76. The quantitative estimate of drug-likeness (QED) is 0.677. The van der Waals surface area contributed by atoms with Gasteiger partial charge in [0.25, 0.3) is 5.91 Å². The van der Waals surface area contributed by atoms with E-state index in [1.165, 1.54) is 11.3 Å². The molecule has 0 fully saturated rings. The Balaban J connectivity index is 1.55. The third-order valence-corrected chi connectivity index (χ3v) is 4.86. The number of ether oxygens (including phenoxy) is 1. The number of aromatic nitrogens is 1. The zero-order chi connectivity index (χ0) is 18.4. The lowest BCUT2D eigenvalue weighted by atomic mass is 10.2. The Morgan fingerprint density at radius 3 is 2.38 bits per heavy atom. The number of amides is 1. The molecule has 0 saturated carbocycles. The molecule has 1 aromatic heterocycles. The first-order valence-corrected chi connectivity index (χ1v) is 8.96. The van der Waals surface area contributed by atoms with E-state index in [1.807, 2.05) is 60.7 Å². The second kappa shape index (κ2) is 8.40. The summed E-state index contributed by atoms with van der Waals surface area (Å²) in [5.41, 5.74) is 2.53. The number of hydrogen-bond donors (Lipinski definition) is 1. The van der Waals surface area contributed by atoms with Crippen molar-refractivity contribution in [2.75, 3.05) is 6.61 Å². The second-order valence-electron chi connectivity index (χ2n) is 5.64. The molecular formula is C20H18N2O3S. The molecule has 0 aliphatic carbocycles. The second-order valence-corrected chi connectivity index (χ2v) is 6.64. The standard InChI is InChI=1S/C20H18N2O3S/c1-14-18(26-19(22-14)16-10-6-3-7-11-16)20(24)25-13-17(23)21-12-15-8-4-2-5-9-15/h2-11H,12-13H2,1H3,(H,21,23). The molecule has 0 spiro atoms. The van der Waals surface area contributed by atoms with Crippen LogP contribution in [0.15, 0.2) is 60.7 Å². The first-order chi connectivity index (χ1) is 12.6. The van der Waals surface area contributed by atoms with Crippen LogP contribution in [-0.2, 0) is 16.1 Å². The summed E-state index contributed by atoms with van der Waals surface area (Å²) in [7, 11) is 0. The number of hydrogen-bond acceptors (Lipinski definition) is 5. The minimum absolute atomic E-state index is 0.316. The maximum atomic E-state index is 12.3. The van der Waals surface area contributed by atoms with Crippen LogP contribution in [0.3, 0.4) is 0 Å². The number of esters is 1. The van der Waals surface area contributed by atoms with Crippen LogP contribution in [0.1, 0.15) is 20.9 Å². The molecular weight excluding hydrogens is 348 g/mol. The number of benzene rings is 2. The number of thiazole rings is 1. The Hall–Kier alpha value is -2.99. The lowest BCUT2D eigenvalue weighted by Gasteiger charge is -2.06. The summed E-state index contributed by atoms with van der Waals surface area (Å²) in [4.78, 5) is 29.0. The topological polar surface area (TPSA) is 68.3 Å². The molecule has 0 aliphatic heterocycles. The van der Waals surface area contributed by atoms with Crippen LogP contribution in [0.5, 0.6) is 0 Å². The maximum absolute atomic E-state index is 12.3. The van der Waals surface area contributed by atoms with Crippen molar-refractivity contribution in [2.45, 2.75) is 13.5 Å². The largest absolute Gasteiger partial charge is 0.451 e. The van der Waals surface area contributed by atoms with E-state index >= 15 is 0 Å². The van der Waals surface area contributed by atoms with Gasteiger partial charge in [0.15, 0.2) is 6.61 Å². The lowest BCUT2D eigenvalue weighted by molar-refractivity contribution is -0.124. The molecule has 0 atom stereocenters. The van der Waals surface area contributed by atoms with Crippen LogP contribution < -0.4 is 5.32 Å². The normalized spacial score (nSPS) is 10.3. The van der Waals surface area contributed by atoms with Gasteiger partial charge in [0.05, 0.1) is 5.69 Å². The fourth-order valence-corrected chi connectivity index (χ4v) is 3.30. The van der Waals surface area contributed by atoms with Crippen LogP contribution in [0.2, 0.25) is 0 Å². The fraction of sp³-hybridized carbons (Fsp3) is 0.150. The van der Waals surface area contributed by atoms with E-state index in [-0.39, 0.29) is 12.5 Å². The highest BCUT2D eigenvalue weighted by Crippen LogP contribution is 2.28. The summed E-state index contributed by atoms with van der Waals surface area (Å²) in [6.45, 7) is 1.84. The Bertz CT molecular complexity index is 892. The average Bonchev–Trinajstić information content (AvgIpc) is 3.08. The van der Waals surface area contributed by atoms with Crippen molar-refractivity contribution in [1.29, 1.82) is 0 Å². The fourth-order valence-electron chi connectivity index (χ4n) is 2.33. The van der Waals surface area contributed by atoms with Gasteiger partial charge in [0.2, 0.25) is 0 Å². The van der Waals surface area contributed by atoms with Gasteiger partial charge in [-0.15, -0.1) is 11.3 Å². The number of nitrogens with one attached hydrogen (secondary N) is 1. The molecule has 26 heavy (non-hydrogen) atoms. The first-order valence-electron chi connectivity index (χ1n) is 8.14.